The Balaban J connectivity index is 1.53. The van der Waals surface area contributed by atoms with Gasteiger partial charge in [0.05, 0.1) is 11.3 Å². The van der Waals surface area contributed by atoms with Crippen molar-refractivity contribution in [2.45, 2.75) is 6.18 Å². The van der Waals surface area contributed by atoms with Crippen LogP contribution in [0.15, 0.2) is 48.5 Å². The molecule has 0 bridgehead atoms. The van der Waals surface area contributed by atoms with Crippen LogP contribution in [0, 0.1) is 0 Å². The van der Waals surface area contributed by atoms with Gasteiger partial charge in [0.25, 0.3) is 5.91 Å². The van der Waals surface area contributed by atoms with E-state index in [1.54, 1.807) is 18.2 Å². The van der Waals surface area contributed by atoms with Gasteiger partial charge in [0.1, 0.15) is 0 Å². The molecule has 0 spiro atoms. The molecule has 2 aromatic rings. The highest BCUT2D eigenvalue weighted by Crippen LogP contribution is 2.34. The smallest absolute Gasteiger partial charge is 0.418 e. The predicted octanol–water partition coefficient (Wildman–Crippen LogP) is 3.63. The summed E-state index contributed by atoms with van der Waals surface area (Å²) in [4.78, 5) is 23.5. The first-order valence-electron chi connectivity index (χ1n) is 8.03. The van der Waals surface area contributed by atoms with Crippen molar-refractivity contribution < 1.29 is 37.0 Å². The molecule has 0 atom stereocenters. The fourth-order valence-electron chi connectivity index (χ4n) is 2.39. The third-order valence-electron chi connectivity index (χ3n) is 3.66. The second-order valence-electron chi connectivity index (χ2n) is 5.65. The first-order valence-corrected chi connectivity index (χ1v) is 8.03. The van der Waals surface area contributed by atoms with Gasteiger partial charge in [0.15, 0.2) is 18.1 Å². The van der Waals surface area contributed by atoms with Crippen molar-refractivity contribution in [2.75, 3.05) is 18.7 Å². The molecule has 2 aromatic carbocycles. The van der Waals surface area contributed by atoms with E-state index in [1.165, 1.54) is 18.2 Å². The summed E-state index contributed by atoms with van der Waals surface area (Å²) < 4.78 is 53.8. The molecule has 0 saturated heterocycles. The van der Waals surface area contributed by atoms with Gasteiger partial charge in [-0.15, -0.1) is 0 Å². The fourth-order valence-corrected chi connectivity index (χ4v) is 2.39. The number of hydrogen-bond acceptors (Lipinski definition) is 5. The number of fused-ring (bicyclic) bond motifs is 1. The lowest BCUT2D eigenvalue weighted by Crippen LogP contribution is -2.22. The molecule has 0 aliphatic carbocycles. The van der Waals surface area contributed by atoms with Crippen molar-refractivity contribution in [2.24, 2.45) is 0 Å². The van der Waals surface area contributed by atoms with Gasteiger partial charge in [-0.25, -0.2) is 4.79 Å². The summed E-state index contributed by atoms with van der Waals surface area (Å²) in [7, 11) is 0. The van der Waals surface area contributed by atoms with Crippen molar-refractivity contribution in [1.82, 2.24) is 0 Å². The van der Waals surface area contributed by atoms with Gasteiger partial charge in [-0.1, -0.05) is 18.2 Å². The molecular weight excluding hydrogens is 379 g/mol. The quantitative estimate of drug-likeness (QED) is 0.620. The summed E-state index contributed by atoms with van der Waals surface area (Å²) >= 11 is 0. The first kappa shape index (κ1) is 19.3. The second kappa shape index (κ2) is 8.03. The highest BCUT2D eigenvalue weighted by atomic mass is 19.4. The molecule has 1 amide bonds. The van der Waals surface area contributed by atoms with Gasteiger partial charge in [-0.3, -0.25) is 4.79 Å². The van der Waals surface area contributed by atoms with Crippen LogP contribution in [0.25, 0.3) is 6.08 Å². The third-order valence-corrected chi connectivity index (χ3v) is 3.66. The van der Waals surface area contributed by atoms with Crippen molar-refractivity contribution in [3.8, 4) is 11.5 Å². The number of esters is 1. The number of ether oxygens (including phenoxy) is 3. The second-order valence-corrected chi connectivity index (χ2v) is 5.65. The molecule has 1 heterocycles. The zero-order valence-corrected chi connectivity index (χ0v) is 14.3. The molecular formula is C19H14F3NO5. The minimum atomic E-state index is -4.62. The topological polar surface area (TPSA) is 73.9 Å². The third kappa shape index (κ3) is 4.81. The number of para-hydroxylation sites is 1. The van der Waals surface area contributed by atoms with E-state index in [1.807, 2.05) is 0 Å². The van der Waals surface area contributed by atoms with E-state index in [9.17, 15) is 22.8 Å². The minimum Gasteiger partial charge on any atom is -0.454 e. The zero-order chi connectivity index (χ0) is 20.1. The highest BCUT2D eigenvalue weighted by molar-refractivity contribution is 5.95. The average molecular weight is 393 g/mol. The summed E-state index contributed by atoms with van der Waals surface area (Å²) in [6, 6.07) is 9.55. The number of halogens is 3. The van der Waals surface area contributed by atoms with E-state index >= 15 is 0 Å². The predicted molar refractivity (Wildman–Crippen MR) is 92.6 cm³/mol. The summed E-state index contributed by atoms with van der Waals surface area (Å²) in [6.45, 7) is -0.604. The van der Waals surface area contributed by atoms with E-state index in [0.29, 0.717) is 17.1 Å². The number of carbonyl (C=O) groups is 2. The molecule has 1 N–H and O–H groups in total. The van der Waals surface area contributed by atoms with Crippen LogP contribution in [0.4, 0.5) is 18.9 Å². The summed E-state index contributed by atoms with van der Waals surface area (Å²) in [5.74, 6) is -0.577. The van der Waals surface area contributed by atoms with Crippen LogP contribution >= 0.6 is 0 Å². The van der Waals surface area contributed by atoms with Crippen LogP contribution < -0.4 is 14.8 Å². The van der Waals surface area contributed by atoms with Crippen LogP contribution in [0.3, 0.4) is 0 Å². The maximum Gasteiger partial charge on any atom is 0.418 e. The lowest BCUT2D eigenvalue weighted by Gasteiger charge is -2.13. The first-order chi connectivity index (χ1) is 13.3. The Labute approximate surface area is 157 Å². The number of alkyl halides is 3. The van der Waals surface area contributed by atoms with E-state index < -0.39 is 35.9 Å². The number of hydrogen-bond donors (Lipinski definition) is 1. The van der Waals surface area contributed by atoms with Crippen molar-refractivity contribution in [1.29, 1.82) is 0 Å². The normalized spacial score (nSPS) is 12.8. The van der Waals surface area contributed by atoms with E-state index in [0.717, 1.165) is 18.2 Å². The van der Waals surface area contributed by atoms with Crippen LogP contribution in [0.2, 0.25) is 0 Å². The number of carbonyl (C=O) groups excluding carboxylic acids is 2. The van der Waals surface area contributed by atoms with Gasteiger partial charge in [-0.05, 0) is 35.9 Å². The zero-order valence-electron chi connectivity index (χ0n) is 14.3. The molecule has 0 fully saturated rings. The largest absolute Gasteiger partial charge is 0.454 e. The van der Waals surface area contributed by atoms with Gasteiger partial charge >= 0.3 is 12.1 Å². The molecule has 6 nitrogen and oxygen atoms in total. The number of rotatable bonds is 5. The maximum absolute atomic E-state index is 12.9. The minimum absolute atomic E-state index is 0.122. The molecule has 3 rings (SSSR count). The molecule has 0 aromatic heterocycles. The van der Waals surface area contributed by atoms with Gasteiger partial charge < -0.3 is 19.5 Å². The molecule has 1 aliphatic heterocycles. The summed E-state index contributed by atoms with van der Waals surface area (Å²) in [5.41, 5.74) is -0.755. The van der Waals surface area contributed by atoms with Crippen molar-refractivity contribution in [3.63, 3.8) is 0 Å². The Bertz CT molecular complexity index is 924. The Morgan fingerprint density at radius 1 is 1.11 bits per heavy atom. The van der Waals surface area contributed by atoms with Crippen molar-refractivity contribution in [3.05, 3.63) is 59.7 Å². The summed E-state index contributed by atoms with van der Waals surface area (Å²) in [6.07, 6.45) is -2.08. The van der Waals surface area contributed by atoms with Crippen LogP contribution in [-0.4, -0.2) is 25.3 Å². The van der Waals surface area contributed by atoms with Crippen LogP contribution in [0.5, 0.6) is 11.5 Å². The maximum atomic E-state index is 12.9. The number of benzene rings is 2. The molecule has 28 heavy (non-hydrogen) atoms. The number of amides is 1. The van der Waals surface area contributed by atoms with E-state index in [-0.39, 0.29) is 6.79 Å². The van der Waals surface area contributed by atoms with Crippen LogP contribution in [0.1, 0.15) is 11.1 Å². The van der Waals surface area contributed by atoms with E-state index in [2.05, 4.69) is 5.32 Å². The number of anilines is 1. The lowest BCUT2D eigenvalue weighted by molar-refractivity contribution is -0.142. The molecule has 146 valence electrons. The Morgan fingerprint density at radius 2 is 1.86 bits per heavy atom. The Kier molecular flexibility index (Phi) is 5.53. The molecule has 0 saturated carbocycles. The molecule has 1 aliphatic rings. The Hall–Kier alpha value is -3.49. The Morgan fingerprint density at radius 3 is 2.64 bits per heavy atom. The monoisotopic (exact) mass is 393 g/mol. The standard InChI is InChI=1S/C19H14F3NO5/c20-19(21,22)13-3-1-2-4-14(13)23-17(24)10-26-18(25)8-6-12-5-7-15-16(9-12)28-11-27-15/h1-9H,10-11H2,(H,23,24)/b8-6+. The van der Waals surface area contributed by atoms with Crippen LogP contribution in [-0.2, 0) is 20.5 Å². The average Bonchev–Trinajstić information content (AvgIpc) is 3.12. The van der Waals surface area contributed by atoms with Gasteiger partial charge in [-0.2, -0.15) is 13.2 Å². The van der Waals surface area contributed by atoms with Gasteiger partial charge in [0, 0.05) is 6.08 Å². The molecule has 0 radical (unpaired) electrons. The lowest BCUT2D eigenvalue weighted by atomic mass is 10.1. The van der Waals surface area contributed by atoms with E-state index in [4.69, 9.17) is 14.2 Å². The summed E-state index contributed by atoms with van der Waals surface area (Å²) in [5, 5.41) is 2.08. The fraction of sp³-hybridized carbons (Fsp3) is 0.158. The number of nitrogens with one attached hydrogen (secondary N) is 1. The molecule has 0 unspecified atom stereocenters. The van der Waals surface area contributed by atoms with Gasteiger partial charge in [0.2, 0.25) is 6.79 Å². The van der Waals surface area contributed by atoms with Crippen molar-refractivity contribution >= 4 is 23.6 Å². The SMILES string of the molecule is O=C(COC(=O)/C=C/c1ccc2c(c1)OCO2)Nc1ccccc1C(F)(F)F. The highest BCUT2D eigenvalue weighted by Gasteiger charge is 2.33. The molecule has 9 heteroatoms.